The molecule has 98 valence electrons. The van der Waals surface area contributed by atoms with Crippen LogP contribution in [0, 0.1) is 0 Å². The second-order valence-corrected chi connectivity index (χ2v) is 6.15. The number of rotatable bonds is 3. The van der Waals surface area contributed by atoms with Gasteiger partial charge in [0.25, 0.3) is 0 Å². The third kappa shape index (κ3) is 2.75. The number of fused-ring (bicyclic) bond motifs is 1. The number of halogens is 1. The van der Waals surface area contributed by atoms with Crippen molar-refractivity contribution in [3.05, 3.63) is 58.6 Å². The molecular formula is C16H16ClNS. The van der Waals surface area contributed by atoms with Crippen LogP contribution in [0.5, 0.6) is 0 Å². The van der Waals surface area contributed by atoms with Gasteiger partial charge in [-0.1, -0.05) is 29.8 Å². The summed E-state index contributed by atoms with van der Waals surface area (Å²) in [5.41, 5.74) is 4.04. The molecule has 0 aromatic heterocycles. The maximum Gasteiger partial charge on any atom is 0.0480 e. The zero-order valence-corrected chi connectivity index (χ0v) is 12.4. The molecule has 0 spiro atoms. The van der Waals surface area contributed by atoms with Crippen molar-refractivity contribution in [3.63, 3.8) is 0 Å². The number of hydrogen-bond acceptors (Lipinski definition) is 2. The van der Waals surface area contributed by atoms with Gasteiger partial charge in [-0.25, -0.2) is 0 Å². The van der Waals surface area contributed by atoms with Gasteiger partial charge < -0.3 is 5.32 Å². The van der Waals surface area contributed by atoms with Crippen molar-refractivity contribution in [2.75, 3.05) is 11.6 Å². The summed E-state index contributed by atoms with van der Waals surface area (Å²) >= 11 is 7.84. The minimum Gasteiger partial charge on any atom is -0.381 e. The van der Waals surface area contributed by atoms with Crippen LogP contribution >= 0.6 is 23.4 Å². The van der Waals surface area contributed by atoms with Crippen LogP contribution < -0.4 is 5.32 Å². The summed E-state index contributed by atoms with van der Waals surface area (Å²) in [5, 5.41) is 4.50. The Bertz CT molecular complexity index is 597. The average molecular weight is 290 g/mol. The van der Waals surface area contributed by atoms with Crippen molar-refractivity contribution in [2.45, 2.75) is 23.8 Å². The summed E-state index contributed by atoms with van der Waals surface area (Å²) in [5.74, 6) is 0. The van der Waals surface area contributed by atoms with Gasteiger partial charge in [-0.15, -0.1) is 11.8 Å². The van der Waals surface area contributed by atoms with E-state index in [0.29, 0.717) is 6.04 Å². The maximum absolute atomic E-state index is 6.06. The van der Waals surface area contributed by atoms with Gasteiger partial charge in [0, 0.05) is 21.6 Å². The molecule has 2 aromatic carbocycles. The first-order chi connectivity index (χ1) is 9.26. The summed E-state index contributed by atoms with van der Waals surface area (Å²) in [6.45, 7) is 0. The molecule has 0 saturated carbocycles. The summed E-state index contributed by atoms with van der Waals surface area (Å²) < 4.78 is 0. The summed E-state index contributed by atoms with van der Waals surface area (Å²) in [6.07, 6.45) is 4.25. The summed E-state index contributed by atoms with van der Waals surface area (Å²) in [6, 6.07) is 15.2. The smallest absolute Gasteiger partial charge is 0.0480 e. The summed E-state index contributed by atoms with van der Waals surface area (Å²) in [7, 11) is 0. The fourth-order valence-electron chi connectivity index (χ4n) is 2.67. The Labute approximate surface area is 123 Å². The molecular weight excluding hydrogens is 274 g/mol. The zero-order valence-electron chi connectivity index (χ0n) is 10.8. The van der Waals surface area contributed by atoms with Crippen molar-refractivity contribution in [3.8, 4) is 0 Å². The van der Waals surface area contributed by atoms with E-state index in [1.807, 2.05) is 6.07 Å². The van der Waals surface area contributed by atoms with Crippen LogP contribution in [-0.2, 0) is 12.8 Å². The zero-order chi connectivity index (χ0) is 13.2. The standard InChI is InChI=1S/C16H16ClNS/c1-19-16-5-3-2-4-15(16)18-14-9-11-6-7-13(17)8-12(11)10-14/h2-8,14,18H,9-10H2,1H3. The highest BCUT2D eigenvalue weighted by Gasteiger charge is 2.21. The minimum absolute atomic E-state index is 0.474. The lowest BCUT2D eigenvalue weighted by atomic mass is 10.1. The lowest BCUT2D eigenvalue weighted by molar-refractivity contribution is 0.771. The highest BCUT2D eigenvalue weighted by molar-refractivity contribution is 7.98. The molecule has 0 bridgehead atoms. The van der Waals surface area contributed by atoms with E-state index in [1.165, 1.54) is 21.7 Å². The Hall–Kier alpha value is -1.12. The van der Waals surface area contributed by atoms with Gasteiger partial charge in [-0.2, -0.15) is 0 Å². The number of anilines is 1. The van der Waals surface area contributed by atoms with E-state index < -0.39 is 0 Å². The largest absolute Gasteiger partial charge is 0.381 e. The molecule has 1 aliphatic rings. The first-order valence-corrected chi connectivity index (χ1v) is 8.03. The van der Waals surface area contributed by atoms with Gasteiger partial charge in [0.2, 0.25) is 0 Å². The first-order valence-electron chi connectivity index (χ1n) is 6.43. The van der Waals surface area contributed by atoms with Crippen molar-refractivity contribution >= 4 is 29.1 Å². The van der Waals surface area contributed by atoms with E-state index in [0.717, 1.165) is 17.9 Å². The molecule has 0 aliphatic heterocycles. The van der Waals surface area contributed by atoms with E-state index >= 15 is 0 Å². The van der Waals surface area contributed by atoms with Crippen LogP contribution in [0.25, 0.3) is 0 Å². The Kier molecular flexibility index (Phi) is 3.72. The fourth-order valence-corrected chi connectivity index (χ4v) is 3.43. The predicted octanol–water partition coefficient (Wildman–Crippen LogP) is 4.64. The molecule has 3 rings (SSSR count). The quantitative estimate of drug-likeness (QED) is 0.826. The number of para-hydroxylation sites is 1. The van der Waals surface area contributed by atoms with Gasteiger partial charge in [0.1, 0.15) is 0 Å². The number of nitrogens with one attached hydrogen (secondary N) is 1. The van der Waals surface area contributed by atoms with Gasteiger partial charge in [0.05, 0.1) is 0 Å². The van der Waals surface area contributed by atoms with Gasteiger partial charge in [-0.3, -0.25) is 0 Å². The molecule has 0 heterocycles. The highest BCUT2D eigenvalue weighted by atomic mass is 35.5. The van der Waals surface area contributed by atoms with Crippen LogP contribution in [-0.4, -0.2) is 12.3 Å². The van der Waals surface area contributed by atoms with E-state index in [9.17, 15) is 0 Å². The molecule has 2 aromatic rings. The molecule has 19 heavy (non-hydrogen) atoms. The molecule has 0 radical (unpaired) electrons. The molecule has 1 unspecified atom stereocenters. The SMILES string of the molecule is CSc1ccccc1NC1Cc2ccc(Cl)cc2C1. The predicted molar refractivity (Wildman–Crippen MR) is 84.5 cm³/mol. The van der Waals surface area contributed by atoms with E-state index in [4.69, 9.17) is 11.6 Å². The van der Waals surface area contributed by atoms with Gasteiger partial charge >= 0.3 is 0 Å². The van der Waals surface area contributed by atoms with E-state index in [-0.39, 0.29) is 0 Å². The van der Waals surface area contributed by atoms with E-state index in [1.54, 1.807) is 11.8 Å². The van der Waals surface area contributed by atoms with Crippen LogP contribution in [0.15, 0.2) is 47.4 Å². The molecule has 0 fully saturated rings. The molecule has 1 nitrogen and oxygen atoms in total. The minimum atomic E-state index is 0.474. The van der Waals surface area contributed by atoms with Crippen LogP contribution in [0.1, 0.15) is 11.1 Å². The third-order valence-electron chi connectivity index (χ3n) is 3.57. The number of benzene rings is 2. The lowest BCUT2D eigenvalue weighted by Gasteiger charge is -2.16. The molecule has 1 atom stereocenters. The molecule has 1 N–H and O–H groups in total. The second-order valence-electron chi connectivity index (χ2n) is 4.86. The van der Waals surface area contributed by atoms with Gasteiger partial charge in [-0.05, 0) is 54.5 Å². The fraction of sp³-hybridized carbons (Fsp3) is 0.250. The van der Waals surface area contributed by atoms with Crippen molar-refractivity contribution in [2.24, 2.45) is 0 Å². The number of hydrogen-bond donors (Lipinski definition) is 1. The summed E-state index contributed by atoms with van der Waals surface area (Å²) in [4.78, 5) is 1.30. The van der Waals surface area contributed by atoms with Gasteiger partial charge in [0.15, 0.2) is 0 Å². The Balaban J connectivity index is 1.77. The van der Waals surface area contributed by atoms with Crippen LogP contribution in [0.2, 0.25) is 5.02 Å². The van der Waals surface area contributed by atoms with Crippen molar-refractivity contribution in [1.29, 1.82) is 0 Å². The molecule has 0 amide bonds. The Morgan fingerprint density at radius 1 is 1.11 bits per heavy atom. The Morgan fingerprint density at radius 3 is 2.74 bits per heavy atom. The molecule has 3 heteroatoms. The molecule has 1 aliphatic carbocycles. The third-order valence-corrected chi connectivity index (χ3v) is 4.60. The van der Waals surface area contributed by atoms with Crippen LogP contribution in [0.3, 0.4) is 0 Å². The first kappa shape index (κ1) is 12.9. The molecule has 0 saturated heterocycles. The Morgan fingerprint density at radius 2 is 1.89 bits per heavy atom. The second kappa shape index (κ2) is 5.48. The van der Waals surface area contributed by atoms with Crippen LogP contribution in [0.4, 0.5) is 5.69 Å². The average Bonchev–Trinajstić information content (AvgIpc) is 2.80. The maximum atomic E-state index is 6.06. The normalized spacial score (nSPS) is 17.3. The topological polar surface area (TPSA) is 12.0 Å². The highest BCUT2D eigenvalue weighted by Crippen LogP contribution is 2.30. The number of thioether (sulfide) groups is 1. The van der Waals surface area contributed by atoms with Crippen molar-refractivity contribution in [1.82, 2.24) is 0 Å². The van der Waals surface area contributed by atoms with E-state index in [2.05, 4.69) is 48.0 Å². The lowest BCUT2D eigenvalue weighted by Crippen LogP contribution is -2.19. The van der Waals surface area contributed by atoms with Crippen molar-refractivity contribution < 1.29 is 0 Å². The monoisotopic (exact) mass is 289 g/mol.